The maximum atomic E-state index is 5.72. The van der Waals surface area contributed by atoms with Gasteiger partial charge in [-0.15, -0.1) is 0 Å². The zero-order chi connectivity index (χ0) is 14.5. The highest BCUT2D eigenvalue weighted by Gasteiger charge is 2.14. The lowest BCUT2D eigenvalue weighted by molar-refractivity contribution is 0.412. The Labute approximate surface area is 128 Å². The highest BCUT2D eigenvalue weighted by molar-refractivity contribution is 9.10. The molecule has 1 atom stereocenters. The lowest BCUT2D eigenvalue weighted by atomic mass is 9.97. The molecular weight excluding hydrogens is 316 g/mol. The van der Waals surface area contributed by atoms with Crippen LogP contribution in [-0.2, 0) is 6.54 Å². The van der Waals surface area contributed by atoms with Gasteiger partial charge < -0.3 is 15.8 Å². The molecule has 0 amide bonds. The molecule has 0 aromatic heterocycles. The van der Waals surface area contributed by atoms with Gasteiger partial charge in [-0.1, -0.05) is 30.3 Å². The van der Waals surface area contributed by atoms with Gasteiger partial charge in [-0.2, -0.15) is 0 Å². The van der Waals surface area contributed by atoms with Crippen molar-refractivity contribution in [1.29, 1.82) is 0 Å². The summed E-state index contributed by atoms with van der Waals surface area (Å²) >= 11 is 3.53. The Kier molecular flexibility index (Phi) is 5.17. The molecule has 0 aliphatic rings. The van der Waals surface area contributed by atoms with E-state index in [0.29, 0.717) is 6.54 Å². The van der Waals surface area contributed by atoms with Crippen LogP contribution < -0.4 is 15.8 Å². The Hall–Kier alpha value is -1.36. The Morgan fingerprint density at radius 1 is 1.20 bits per heavy atom. The molecule has 2 aromatic rings. The smallest absolute Gasteiger partial charge is 0.133 e. The third kappa shape index (κ3) is 3.20. The highest BCUT2D eigenvalue weighted by Crippen LogP contribution is 2.30. The van der Waals surface area contributed by atoms with E-state index < -0.39 is 0 Å². The second-order valence-electron chi connectivity index (χ2n) is 4.56. The minimum atomic E-state index is 0.128. The summed E-state index contributed by atoms with van der Waals surface area (Å²) in [5, 5.41) is 3.35. The number of benzene rings is 2. The number of hydrogen-bond acceptors (Lipinski definition) is 3. The lowest BCUT2D eigenvalue weighted by Gasteiger charge is -2.19. The van der Waals surface area contributed by atoms with Crippen molar-refractivity contribution < 1.29 is 4.74 Å². The first-order valence-corrected chi connectivity index (χ1v) is 7.28. The molecule has 0 aliphatic carbocycles. The third-order valence-corrected chi connectivity index (χ3v) is 3.94. The normalized spacial score (nSPS) is 12.2. The van der Waals surface area contributed by atoms with E-state index in [1.54, 1.807) is 7.11 Å². The average Bonchev–Trinajstić information content (AvgIpc) is 2.48. The zero-order valence-corrected chi connectivity index (χ0v) is 13.3. The first kappa shape index (κ1) is 15.0. The fourth-order valence-corrected chi connectivity index (χ4v) is 2.85. The molecule has 106 valence electrons. The highest BCUT2D eigenvalue weighted by atomic mass is 79.9. The van der Waals surface area contributed by atoms with Gasteiger partial charge in [0.15, 0.2) is 0 Å². The van der Waals surface area contributed by atoms with Crippen LogP contribution in [-0.4, -0.2) is 14.2 Å². The van der Waals surface area contributed by atoms with E-state index in [4.69, 9.17) is 10.5 Å². The Bertz CT molecular complexity index is 586. The number of ether oxygens (including phenoxy) is 1. The monoisotopic (exact) mass is 334 g/mol. The van der Waals surface area contributed by atoms with Crippen LogP contribution in [0.3, 0.4) is 0 Å². The second kappa shape index (κ2) is 6.88. The maximum absolute atomic E-state index is 5.72. The van der Waals surface area contributed by atoms with Crippen LogP contribution in [0.5, 0.6) is 5.75 Å². The Morgan fingerprint density at radius 3 is 2.55 bits per heavy atom. The summed E-state index contributed by atoms with van der Waals surface area (Å²) in [6.45, 7) is 0.552. The van der Waals surface area contributed by atoms with E-state index in [1.165, 1.54) is 11.1 Å². The van der Waals surface area contributed by atoms with Gasteiger partial charge in [0.2, 0.25) is 0 Å². The summed E-state index contributed by atoms with van der Waals surface area (Å²) in [5.74, 6) is 0.833. The molecule has 0 heterocycles. The minimum absolute atomic E-state index is 0.128. The number of nitrogens with two attached hydrogens (primary N) is 1. The summed E-state index contributed by atoms with van der Waals surface area (Å²) in [6, 6.07) is 14.6. The van der Waals surface area contributed by atoms with Gasteiger partial charge in [-0.05, 0) is 51.8 Å². The van der Waals surface area contributed by atoms with Crippen molar-refractivity contribution in [2.75, 3.05) is 14.2 Å². The van der Waals surface area contributed by atoms with E-state index in [2.05, 4.69) is 45.5 Å². The van der Waals surface area contributed by atoms with Crippen LogP contribution in [0.2, 0.25) is 0 Å². The van der Waals surface area contributed by atoms with Crippen molar-refractivity contribution >= 4 is 15.9 Å². The number of halogens is 1. The lowest BCUT2D eigenvalue weighted by Crippen LogP contribution is -2.18. The summed E-state index contributed by atoms with van der Waals surface area (Å²) in [5.41, 5.74) is 9.23. The van der Waals surface area contributed by atoms with E-state index in [1.807, 2.05) is 25.2 Å². The molecular formula is C16H19BrN2O. The maximum Gasteiger partial charge on any atom is 0.133 e. The van der Waals surface area contributed by atoms with Crippen molar-refractivity contribution in [3.63, 3.8) is 0 Å². The predicted molar refractivity (Wildman–Crippen MR) is 85.9 cm³/mol. The first-order valence-electron chi connectivity index (χ1n) is 6.49. The summed E-state index contributed by atoms with van der Waals surface area (Å²) in [4.78, 5) is 0. The largest absolute Gasteiger partial charge is 0.496 e. The molecule has 0 fully saturated rings. The molecule has 4 heteroatoms. The summed E-state index contributed by atoms with van der Waals surface area (Å²) in [6.07, 6.45) is 0. The second-order valence-corrected chi connectivity index (χ2v) is 5.42. The van der Waals surface area contributed by atoms with Gasteiger partial charge in [0.05, 0.1) is 17.6 Å². The van der Waals surface area contributed by atoms with Crippen molar-refractivity contribution in [2.24, 2.45) is 5.73 Å². The van der Waals surface area contributed by atoms with Crippen molar-refractivity contribution in [3.8, 4) is 5.75 Å². The van der Waals surface area contributed by atoms with Gasteiger partial charge in [-0.3, -0.25) is 0 Å². The molecule has 2 aromatic carbocycles. The van der Waals surface area contributed by atoms with Gasteiger partial charge in [0.1, 0.15) is 5.75 Å². The van der Waals surface area contributed by atoms with Crippen molar-refractivity contribution in [3.05, 3.63) is 63.6 Å². The van der Waals surface area contributed by atoms with Gasteiger partial charge in [-0.25, -0.2) is 0 Å². The molecule has 0 spiro atoms. The fourth-order valence-electron chi connectivity index (χ4n) is 2.29. The number of hydrogen-bond donors (Lipinski definition) is 2. The van der Waals surface area contributed by atoms with Gasteiger partial charge >= 0.3 is 0 Å². The molecule has 20 heavy (non-hydrogen) atoms. The van der Waals surface area contributed by atoms with Crippen LogP contribution in [0.15, 0.2) is 46.9 Å². The van der Waals surface area contributed by atoms with Crippen molar-refractivity contribution in [1.82, 2.24) is 5.32 Å². The molecule has 0 saturated heterocycles. The molecule has 1 unspecified atom stereocenters. The quantitative estimate of drug-likeness (QED) is 0.882. The van der Waals surface area contributed by atoms with Crippen LogP contribution >= 0.6 is 15.9 Å². The Balaban J connectivity index is 2.38. The van der Waals surface area contributed by atoms with Crippen LogP contribution in [0.1, 0.15) is 22.7 Å². The number of nitrogens with one attached hydrogen (secondary N) is 1. The van der Waals surface area contributed by atoms with Gasteiger partial charge in [0.25, 0.3) is 0 Å². The van der Waals surface area contributed by atoms with Gasteiger partial charge in [0, 0.05) is 6.54 Å². The molecule has 0 radical (unpaired) electrons. The van der Waals surface area contributed by atoms with Crippen molar-refractivity contribution in [2.45, 2.75) is 12.6 Å². The standard InChI is InChI=1S/C16H19BrN2O/c1-19-16(12-5-3-4-11(8-12)10-18)13-6-7-15(20-2)14(17)9-13/h3-9,16,19H,10,18H2,1-2H3. The molecule has 0 saturated carbocycles. The third-order valence-electron chi connectivity index (χ3n) is 3.32. The van der Waals surface area contributed by atoms with E-state index in [0.717, 1.165) is 15.8 Å². The topological polar surface area (TPSA) is 47.3 Å². The van der Waals surface area contributed by atoms with E-state index in [9.17, 15) is 0 Å². The number of methoxy groups -OCH3 is 1. The average molecular weight is 335 g/mol. The van der Waals surface area contributed by atoms with Crippen LogP contribution in [0, 0.1) is 0 Å². The molecule has 3 N–H and O–H groups in total. The van der Waals surface area contributed by atoms with Crippen LogP contribution in [0.25, 0.3) is 0 Å². The molecule has 0 aliphatic heterocycles. The molecule has 3 nitrogen and oxygen atoms in total. The fraction of sp³-hybridized carbons (Fsp3) is 0.250. The SMILES string of the molecule is CNC(c1cccc(CN)c1)c1ccc(OC)c(Br)c1. The van der Waals surface area contributed by atoms with Crippen LogP contribution in [0.4, 0.5) is 0 Å². The summed E-state index contributed by atoms with van der Waals surface area (Å²) in [7, 11) is 3.62. The Morgan fingerprint density at radius 2 is 1.95 bits per heavy atom. The number of rotatable bonds is 5. The first-order chi connectivity index (χ1) is 9.69. The van der Waals surface area contributed by atoms with E-state index in [-0.39, 0.29) is 6.04 Å². The van der Waals surface area contributed by atoms with E-state index >= 15 is 0 Å². The molecule has 2 rings (SSSR count). The zero-order valence-electron chi connectivity index (χ0n) is 11.7. The predicted octanol–water partition coefficient (Wildman–Crippen LogP) is 3.23. The molecule has 0 bridgehead atoms. The summed E-state index contributed by atoms with van der Waals surface area (Å²) < 4.78 is 6.22. The minimum Gasteiger partial charge on any atom is -0.496 e.